The van der Waals surface area contributed by atoms with Gasteiger partial charge in [-0.1, -0.05) is 91.0 Å². The zero-order valence-corrected chi connectivity index (χ0v) is 14.4. The number of amidine groups is 1. The highest BCUT2D eigenvalue weighted by atomic mass is 15.3. The van der Waals surface area contributed by atoms with E-state index in [1.165, 1.54) is 16.7 Å². The smallest absolute Gasteiger partial charge is 0.132 e. The van der Waals surface area contributed by atoms with Gasteiger partial charge in [0.05, 0.1) is 12.1 Å². The molecule has 0 saturated carbocycles. The van der Waals surface area contributed by atoms with Crippen molar-refractivity contribution in [2.45, 2.75) is 25.6 Å². The zero-order valence-electron chi connectivity index (χ0n) is 14.4. The monoisotopic (exact) mass is 326 g/mol. The Morgan fingerprint density at radius 1 is 0.760 bits per heavy atom. The highest BCUT2D eigenvalue weighted by molar-refractivity contribution is 6.00. The normalized spacial score (nSPS) is 19.7. The van der Waals surface area contributed by atoms with E-state index >= 15 is 0 Å². The Bertz CT molecular complexity index is 841. The van der Waals surface area contributed by atoms with Crippen molar-refractivity contribution in [2.24, 2.45) is 4.99 Å². The molecule has 2 nitrogen and oxygen atoms in total. The molecule has 0 aliphatic carbocycles. The second-order valence-corrected chi connectivity index (χ2v) is 6.53. The minimum atomic E-state index is 0.223. The van der Waals surface area contributed by atoms with Crippen molar-refractivity contribution in [3.05, 3.63) is 108 Å². The molecule has 124 valence electrons. The number of benzene rings is 3. The van der Waals surface area contributed by atoms with Gasteiger partial charge in [0.2, 0.25) is 0 Å². The zero-order chi connectivity index (χ0) is 17.1. The third-order valence-corrected chi connectivity index (χ3v) is 4.76. The summed E-state index contributed by atoms with van der Waals surface area (Å²) in [7, 11) is 0. The predicted molar refractivity (Wildman–Crippen MR) is 104 cm³/mol. The number of hydrogen-bond donors (Lipinski definition) is 0. The molecule has 4 rings (SSSR count). The molecule has 0 unspecified atom stereocenters. The summed E-state index contributed by atoms with van der Waals surface area (Å²) in [6, 6.07) is 32.4. The lowest BCUT2D eigenvalue weighted by Crippen LogP contribution is -2.32. The van der Waals surface area contributed by atoms with Gasteiger partial charge >= 0.3 is 0 Å². The number of nitrogens with zero attached hydrogens (tertiary/aromatic N) is 2. The summed E-state index contributed by atoms with van der Waals surface area (Å²) in [5.74, 6) is 1.09. The largest absolute Gasteiger partial charge is 0.343 e. The summed E-state index contributed by atoms with van der Waals surface area (Å²) in [5, 5.41) is 0. The van der Waals surface area contributed by atoms with Crippen LogP contribution < -0.4 is 0 Å². The Morgan fingerprint density at radius 3 is 1.96 bits per heavy atom. The van der Waals surface area contributed by atoms with E-state index in [0.717, 1.165) is 12.4 Å². The molecular weight excluding hydrogens is 304 g/mol. The first-order valence-corrected chi connectivity index (χ1v) is 8.81. The van der Waals surface area contributed by atoms with Crippen LogP contribution in [0.3, 0.4) is 0 Å². The standard InChI is InChI=1S/C23H22N2/c1-18-22(20-13-7-3-8-14-20)25(17-19-11-5-2-6-12-19)23(24-18)21-15-9-4-10-16-21/h2-16,18,22H,17H2,1H3/t18-,22-/m1/s1. The van der Waals surface area contributed by atoms with E-state index in [2.05, 4.69) is 103 Å². The van der Waals surface area contributed by atoms with E-state index in [1.807, 2.05) is 0 Å². The second-order valence-electron chi connectivity index (χ2n) is 6.53. The van der Waals surface area contributed by atoms with Gasteiger partial charge in [0.25, 0.3) is 0 Å². The van der Waals surface area contributed by atoms with Gasteiger partial charge in [0, 0.05) is 12.1 Å². The lowest BCUT2D eigenvalue weighted by atomic mass is 9.99. The van der Waals surface area contributed by atoms with Gasteiger partial charge in [-0.2, -0.15) is 0 Å². The molecule has 3 aromatic rings. The van der Waals surface area contributed by atoms with E-state index in [-0.39, 0.29) is 12.1 Å². The summed E-state index contributed by atoms with van der Waals surface area (Å²) in [5.41, 5.74) is 3.81. The fourth-order valence-electron chi connectivity index (χ4n) is 3.62. The molecule has 0 aromatic heterocycles. The summed E-state index contributed by atoms with van der Waals surface area (Å²) in [6.45, 7) is 3.07. The molecule has 1 heterocycles. The van der Waals surface area contributed by atoms with Crippen LogP contribution >= 0.6 is 0 Å². The Kier molecular flexibility index (Phi) is 4.34. The Labute approximate surface area is 149 Å². The first-order valence-electron chi connectivity index (χ1n) is 8.81. The molecule has 25 heavy (non-hydrogen) atoms. The summed E-state index contributed by atoms with van der Waals surface area (Å²) < 4.78 is 0. The average molecular weight is 326 g/mol. The van der Waals surface area contributed by atoms with Crippen molar-refractivity contribution in [3.63, 3.8) is 0 Å². The first-order chi connectivity index (χ1) is 12.3. The van der Waals surface area contributed by atoms with Crippen LogP contribution in [-0.2, 0) is 6.54 Å². The van der Waals surface area contributed by atoms with Gasteiger partial charge in [-0.05, 0) is 18.1 Å². The minimum Gasteiger partial charge on any atom is -0.343 e. The van der Waals surface area contributed by atoms with Gasteiger partial charge < -0.3 is 4.90 Å². The third-order valence-electron chi connectivity index (χ3n) is 4.76. The topological polar surface area (TPSA) is 15.6 Å². The molecule has 3 aromatic carbocycles. The summed E-state index contributed by atoms with van der Waals surface area (Å²) in [6.07, 6.45) is 0. The fourth-order valence-corrected chi connectivity index (χ4v) is 3.62. The Hall–Kier alpha value is -2.87. The molecule has 1 aliphatic rings. The lowest BCUT2D eigenvalue weighted by molar-refractivity contribution is 0.310. The van der Waals surface area contributed by atoms with Crippen LogP contribution in [-0.4, -0.2) is 16.8 Å². The van der Waals surface area contributed by atoms with E-state index in [4.69, 9.17) is 4.99 Å². The van der Waals surface area contributed by atoms with E-state index in [9.17, 15) is 0 Å². The molecular formula is C23H22N2. The SMILES string of the molecule is C[C@H]1N=C(c2ccccc2)N(Cc2ccccc2)[C@H]1c1ccccc1. The number of rotatable bonds is 4. The van der Waals surface area contributed by atoms with Crippen LogP contribution in [0.5, 0.6) is 0 Å². The van der Waals surface area contributed by atoms with E-state index in [1.54, 1.807) is 0 Å². The van der Waals surface area contributed by atoms with Crippen molar-refractivity contribution >= 4 is 5.84 Å². The van der Waals surface area contributed by atoms with E-state index < -0.39 is 0 Å². The molecule has 0 radical (unpaired) electrons. The highest BCUT2D eigenvalue weighted by Crippen LogP contribution is 2.35. The van der Waals surface area contributed by atoms with Crippen molar-refractivity contribution < 1.29 is 0 Å². The fraction of sp³-hybridized carbons (Fsp3) is 0.174. The quantitative estimate of drug-likeness (QED) is 0.653. The Morgan fingerprint density at radius 2 is 1.32 bits per heavy atom. The van der Waals surface area contributed by atoms with Crippen molar-refractivity contribution in [1.82, 2.24) is 4.90 Å². The van der Waals surface area contributed by atoms with Crippen LogP contribution in [0.1, 0.15) is 29.7 Å². The van der Waals surface area contributed by atoms with Crippen LogP contribution in [0.15, 0.2) is 96.0 Å². The van der Waals surface area contributed by atoms with Gasteiger partial charge in [-0.15, -0.1) is 0 Å². The number of aliphatic imine (C=N–C) groups is 1. The van der Waals surface area contributed by atoms with Gasteiger partial charge in [0.1, 0.15) is 5.84 Å². The third kappa shape index (κ3) is 3.20. The summed E-state index contributed by atoms with van der Waals surface area (Å²) >= 11 is 0. The molecule has 0 N–H and O–H groups in total. The lowest BCUT2D eigenvalue weighted by Gasteiger charge is -2.30. The van der Waals surface area contributed by atoms with Crippen LogP contribution in [0.2, 0.25) is 0 Å². The molecule has 2 atom stereocenters. The van der Waals surface area contributed by atoms with E-state index in [0.29, 0.717) is 0 Å². The molecule has 0 fully saturated rings. The van der Waals surface area contributed by atoms with Gasteiger partial charge in [-0.3, -0.25) is 4.99 Å². The minimum absolute atomic E-state index is 0.223. The van der Waals surface area contributed by atoms with Gasteiger partial charge in [-0.25, -0.2) is 0 Å². The van der Waals surface area contributed by atoms with Crippen LogP contribution in [0, 0.1) is 0 Å². The van der Waals surface area contributed by atoms with Crippen molar-refractivity contribution in [3.8, 4) is 0 Å². The predicted octanol–water partition coefficient (Wildman–Crippen LogP) is 5.08. The molecule has 1 aliphatic heterocycles. The number of hydrogen-bond acceptors (Lipinski definition) is 2. The van der Waals surface area contributed by atoms with Gasteiger partial charge in [0.15, 0.2) is 0 Å². The maximum Gasteiger partial charge on any atom is 0.132 e. The molecule has 2 heteroatoms. The van der Waals surface area contributed by atoms with Crippen molar-refractivity contribution in [1.29, 1.82) is 0 Å². The first kappa shape index (κ1) is 15.6. The molecule has 0 amide bonds. The average Bonchev–Trinajstić information content (AvgIpc) is 3.00. The van der Waals surface area contributed by atoms with Crippen LogP contribution in [0.25, 0.3) is 0 Å². The molecule has 0 spiro atoms. The van der Waals surface area contributed by atoms with Crippen LogP contribution in [0.4, 0.5) is 0 Å². The van der Waals surface area contributed by atoms with Crippen molar-refractivity contribution in [2.75, 3.05) is 0 Å². The second kappa shape index (κ2) is 6.94. The maximum atomic E-state index is 5.04. The Balaban J connectivity index is 1.74. The molecule has 0 saturated heterocycles. The molecule has 0 bridgehead atoms. The highest BCUT2D eigenvalue weighted by Gasteiger charge is 2.35. The maximum absolute atomic E-state index is 5.04. The summed E-state index contributed by atoms with van der Waals surface area (Å²) in [4.78, 5) is 7.49.